The number of hydrogen-bond acceptors (Lipinski definition) is 3. The van der Waals surface area contributed by atoms with Gasteiger partial charge >= 0.3 is 0 Å². The first kappa shape index (κ1) is 14.8. The number of rotatable bonds is 5. The van der Waals surface area contributed by atoms with E-state index in [0.717, 1.165) is 5.56 Å². The molecule has 0 spiro atoms. The fourth-order valence-electron chi connectivity index (χ4n) is 1.72. The number of aliphatic hydroxyl groups is 1. The highest BCUT2D eigenvalue weighted by molar-refractivity contribution is 7.80. The topological polar surface area (TPSA) is 55.5 Å². The molecule has 2 aromatic carbocycles. The third-order valence-electron chi connectivity index (χ3n) is 2.77. The van der Waals surface area contributed by atoms with E-state index in [2.05, 4.69) is 0 Å². The Balaban J connectivity index is 2.15. The molecule has 0 aliphatic carbocycles. The van der Waals surface area contributed by atoms with Gasteiger partial charge in [0.05, 0.1) is 5.02 Å². The first-order valence-corrected chi connectivity index (χ1v) is 6.86. The van der Waals surface area contributed by atoms with Gasteiger partial charge in [-0.1, -0.05) is 36.0 Å². The van der Waals surface area contributed by atoms with Gasteiger partial charge in [-0.05, 0) is 42.3 Å². The van der Waals surface area contributed by atoms with E-state index < -0.39 is 0 Å². The van der Waals surface area contributed by atoms with Crippen LogP contribution in [0.25, 0.3) is 0 Å². The quantitative estimate of drug-likeness (QED) is 0.832. The Hall–Kier alpha value is -1.62. The monoisotopic (exact) mass is 307 g/mol. The molecule has 0 fully saturated rings. The number of halogens is 1. The number of nitrogens with two attached hydrogens (primary N) is 1. The van der Waals surface area contributed by atoms with E-state index in [4.69, 9.17) is 39.4 Å². The van der Waals surface area contributed by atoms with Crippen LogP contribution in [0, 0.1) is 0 Å². The molecule has 0 saturated carbocycles. The van der Waals surface area contributed by atoms with Crippen molar-refractivity contribution in [3.8, 4) is 11.5 Å². The molecule has 5 heteroatoms. The van der Waals surface area contributed by atoms with Crippen LogP contribution >= 0.6 is 23.8 Å². The van der Waals surface area contributed by atoms with Gasteiger partial charge in [0.1, 0.15) is 16.5 Å². The van der Waals surface area contributed by atoms with Crippen LogP contribution in [0.3, 0.4) is 0 Å². The summed E-state index contributed by atoms with van der Waals surface area (Å²) in [4.78, 5) is 0.298. The maximum Gasteiger partial charge on any atom is 0.146 e. The highest BCUT2D eigenvalue weighted by Gasteiger charge is 2.06. The lowest BCUT2D eigenvalue weighted by Gasteiger charge is -2.09. The van der Waals surface area contributed by atoms with Crippen molar-refractivity contribution in [1.82, 2.24) is 0 Å². The number of ether oxygens (including phenoxy) is 1. The molecule has 0 unspecified atom stereocenters. The zero-order chi connectivity index (χ0) is 14.5. The minimum atomic E-state index is 0.131. The van der Waals surface area contributed by atoms with Crippen LogP contribution in [0.5, 0.6) is 11.5 Å². The molecule has 0 atom stereocenters. The van der Waals surface area contributed by atoms with Gasteiger partial charge < -0.3 is 15.6 Å². The van der Waals surface area contributed by atoms with Gasteiger partial charge in [0.2, 0.25) is 0 Å². The highest BCUT2D eigenvalue weighted by atomic mass is 35.5. The fourth-order valence-corrected chi connectivity index (χ4v) is 2.06. The van der Waals surface area contributed by atoms with Gasteiger partial charge in [-0.25, -0.2) is 0 Å². The molecule has 0 radical (unpaired) electrons. The van der Waals surface area contributed by atoms with Crippen molar-refractivity contribution in [2.75, 3.05) is 6.61 Å². The predicted octanol–water partition coefficient (Wildman–Crippen LogP) is 3.30. The summed E-state index contributed by atoms with van der Waals surface area (Å²) in [5.74, 6) is 1.22. The molecule has 0 bridgehead atoms. The molecule has 104 valence electrons. The van der Waals surface area contributed by atoms with Crippen molar-refractivity contribution >= 4 is 28.8 Å². The Bertz CT molecular complexity index is 614. The number of benzene rings is 2. The molecule has 0 aromatic heterocycles. The number of aliphatic hydroxyl groups excluding tert-OH is 1. The third kappa shape index (κ3) is 3.70. The summed E-state index contributed by atoms with van der Waals surface area (Å²) in [5.41, 5.74) is 7.30. The lowest BCUT2D eigenvalue weighted by molar-refractivity contribution is 0.299. The zero-order valence-corrected chi connectivity index (χ0v) is 12.2. The molecule has 0 amide bonds. The molecule has 0 aliphatic rings. The van der Waals surface area contributed by atoms with Crippen molar-refractivity contribution in [2.24, 2.45) is 5.73 Å². The lowest BCUT2D eigenvalue weighted by atomic mass is 10.1. The summed E-state index contributed by atoms with van der Waals surface area (Å²) in [6.07, 6.45) is 0.629. The SMILES string of the molecule is NC(=S)c1ccc(Oc2ccc(CCO)cc2)c(Cl)c1. The van der Waals surface area contributed by atoms with Gasteiger partial charge in [-0.3, -0.25) is 0 Å². The van der Waals surface area contributed by atoms with Crippen LogP contribution < -0.4 is 10.5 Å². The summed E-state index contributed by atoms with van der Waals surface area (Å²) in [7, 11) is 0. The smallest absolute Gasteiger partial charge is 0.146 e. The summed E-state index contributed by atoms with van der Waals surface area (Å²) in [6, 6.07) is 12.7. The van der Waals surface area contributed by atoms with Crippen LogP contribution in [-0.2, 0) is 6.42 Å². The van der Waals surface area contributed by atoms with E-state index in [0.29, 0.717) is 33.5 Å². The molecule has 0 aliphatic heterocycles. The molecule has 0 heterocycles. The van der Waals surface area contributed by atoms with Crippen LogP contribution in [0.15, 0.2) is 42.5 Å². The van der Waals surface area contributed by atoms with Gasteiger partial charge in [0.25, 0.3) is 0 Å². The van der Waals surface area contributed by atoms with Gasteiger partial charge in [0.15, 0.2) is 0 Å². The molecule has 2 rings (SSSR count). The molecule has 20 heavy (non-hydrogen) atoms. The van der Waals surface area contributed by atoms with Crippen LogP contribution in [0.1, 0.15) is 11.1 Å². The Labute approximate surface area is 127 Å². The van der Waals surface area contributed by atoms with E-state index in [1.54, 1.807) is 18.2 Å². The van der Waals surface area contributed by atoms with Gasteiger partial charge in [-0.15, -0.1) is 0 Å². The molecular formula is C15H14ClNO2S. The molecule has 3 N–H and O–H groups in total. The number of hydrogen-bond donors (Lipinski definition) is 2. The van der Waals surface area contributed by atoms with E-state index in [1.165, 1.54) is 0 Å². The Morgan fingerprint density at radius 3 is 2.45 bits per heavy atom. The van der Waals surface area contributed by atoms with E-state index in [-0.39, 0.29) is 6.61 Å². The zero-order valence-electron chi connectivity index (χ0n) is 10.7. The summed E-state index contributed by atoms with van der Waals surface area (Å²) in [5, 5.41) is 9.32. The van der Waals surface area contributed by atoms with Crippen molar-refractivity contribution < 1.29 is 9.84 Å². The third-order valence-corrected chi connectivity index (χ3v) is 3.30. The van der Waals surface area contributed by atoms with Gasteiger partial charge in [-0.2, -0.15) is 0 Å². The second kappa shape index (κ2) is 6.70. The van der Waals surface area contributed by atoms with Crippen molar-refractivity contribution in [3.63, 3.8) is 0 Å². The van der Waals surface area contributed by atoms with E-state index >= 15 is 0 Å². The standard InChI is InChI=1S/C15H14ClNO2S/c16-13-9-11(15(17)20)3-6-14(13)19-12-4-1-10(2-5-12)7-8-18/h1-6,9,18H,7-8H2,(H2,17,20). The summed E-state index contributed by atoms with van der Waals surface area (Å²) < 4.78 is 5.70. The lowest BCUT2D eigenvalue weighted by Crippen LogP contribution is -2.08. The highest BCUT2D eigenvalue weighted by Crippen LogP contribution is 2.30. The molecule has 2 aromatic rings. The molecule has 3 nitrogen and oxygen atoms in total. The van der Waals surface area contributed by atoms with E-state index in [9.17, 15) is 0 Å². The normalized spacial score (nSPS) is 10.3. The first-order valence-electron chi connectivity index (χ1n) is 6.07. The second-order valence-electron chi connectivity index (χ2n) is 4.23. The summed E-state index contributed by atoms with van der Waals surface area (Å²) >= 11 is 11.0. The Morgan fingerprint density at radius 1 is 1.20 bits per heavy atom. The molecule has 0 saturated heterocycles. The minimum Gasteiger partial charge on any atom is -0.456 e. The molecular weight excluding hydrogens is 294 g/mol. The van der Waals surface area contributed by atoms with Gasteiger partial charge in [0, 0.05) is 12.2 Å². The average Bonchev–Trinajstić information content (AvgIpc) is 2.43. The van der Waals surface area contributed by atoms with Crippen LogP contribution in [0.2, 0.25) is 5.02 Å². The van der Waals surface area contributed by atoms with E-state index in [1.807, 2.05) is 24.3 Å². The maximum absolute atomic E-state index is 8.86. The minimum absolute atomic E-state index is 0.131. The largest absolute Gasteiger partial charge is 0.456 e. The summed E-state index contributed by atoms with van der Waals surface area (Å²) in [6.45, 7) is 0.131. The second-order valence-corrected chi connectivity index (χ2v) is 5.08. The number of thiocarbonyl (C=S) groups is 1. The fraction of sp³-hybridized carbons (Fsp3) is 0.133. The average molecular weight is 308 g/mol. The van der Waals surface area contributed by atoms with Crippen LogP contribution in [0.4, 0.5) is 0 Å². The predicted molar refractivity (Wildman–Crippen MR) is 84.6 cm³/mol. The Kier molecular flexibility index (Phi) is 4.95. The van der Waals surface area contributed by atoms with Crippen molar-refractivity contribution in [3.05, 3.63) is 58.6 Å². The van der Waals surface area contributed by atoms with Crippen molar-refractivity contribution in [2.45, 2.75) is 6.42 Å². The maximum atomic E-state index is 8.86. The van der Waals surface area contributed by atoms with Crippen molar-refractivity contribution in [1.29, 1.82) is 0 Å². The first-order chi connectivity index (χ1) is 9.60. The Morgan fingerprint density at radius 2 is 1.90 bits per heavy atom. The van der Waals surface area contributed by atoms with Crippen LogP contribution in [-0.4, -0.2) is 16.7 Å².